The van der Waals surface area contributed by atoms with E-state index in [1.807, 2.05) is 6.92 Å². The zero-order valence-corrected chi connectivity index (χ0v) is 8.68. The van der Waals surface area contributed by atoms with Gasteiger partial charge in [-0.1, -0.05) is 24.6 Å². The van der Waals surface area contributed by atoms with Crippen molar-refractivity contribution in [1.29, 1.82) is 0 Å². The second kappa shape index (κ2) is 5.29. The van der Waals surface area contributed by atoms with Crippen molar-refractivity contribution in [3.63, 3.8) is 0 Å². The summed E-state index contributed by atoms with van der Waals surface area (Å²) in [5.74, 6) is -0.369. The quantitative estimate of drug-likeness (QED) is 0.810. The van der Waals surface area contributed by atoms with Crippen molar-refractivity contribution < 1.29 is 9.50 Å². The van der Waals surface area contributed by atoms with E-state index >= 15 is 0 Å². The van der Waals surface area contributed by atoms with Crippen molar-refractivity contribution in [1.82, 2.24) is 5.32 Å². The Morgan fingerprint density at radius 2 is 2.29 bits per heavy atom. The summed E-state index contributed by atoms with van der Waals surface area (Å²) in [4.78, 5) is 0. The van der Waals surface area contributed by atoms with Gasteiger partial charge in [0.1, 0.15) is 5.82 Å². The Hall–Kier alpha value is -0.640. The molecule has 0 bridgehead atoms. The van der Waals surface area contributed by atoms with Crippen molar-refractivity contribution in [2.75, 3.05) is 13.2 Å². The number of rotatable bonds is 4. The summed E-state index contributed by atoms with van der Waals surface area (Å²) in [5, 5.41) is 12.5. The molecule has 0 aromatic heterocycles. The lowest BCUT2D eigenvalue weighted by Gasteiger charge is -2.16. The predicted octanol–water partition coefficient (Wildman–Crippen LogP) is 2.12. The summed E-state index contributed by atoms with van der Waals surface area (Å²) in [7, 11) is 0. The number of halogens is 2. The second-order valence-corrected chi connectivity index (χ2v) is 3.37. The average Bonchev–Trinajstić information content (AvgIpc) is 2.15. The number of nitrogens with one attached hydrogen (secondary N) is 1. The Kier molecular flexibility index (Phi) is 4.32. The Labute approximate surface area is 87.7 Å². The summed E-state index contributed by atoms with van der Waals surface area (Å²) in [6, 6.07) is 3.94. The van der Waals surface area contributed by atoms with Crippen LogP contribution in [0.4, 0.5) is 4.39 Å². The molecule has 0 heterocycles. The molecule has 0 radical (unpaired) electrons. The van der Waals surface area contributed by atoms with Crippen LogP contribution in [0.1, 0.15) is 18.5 Å². The first-order valence-electron chi connectivity index (χ1n) is 4.48. The van der Waals surface area contributed by atoms with Crippen LogP contribution >= 0.6 is 11.6 Å². The van der Waals surface area contributed by atoms with E-state index in [4.69, 9.17) is 16.7 Å². The molecule has 1 aromatic rings. The fourth-order valence-corrected chi connectivity index (χ4v) is 1.60. The number of likely N-dealkylation sites (N-methyl/N-ethyl adjacent to an activating group) is 1. The zero-order chi connectivity index (χ0) is 10.6. The van der Waals surface area contributed by atoms with Gasteiger partial charge < -0.3 is 10.4 Å². The molecule has 4 heteroatoms. The molecule has 0 spiro atoms. The molecule has 1 aromatic carbocycles. The SMILES string of the molecule is CCNC(CO)c1ccc(F)cc1Cl. The van der Waals surface area contributed by atoms with Crippen molar-refractivity contribution in [2.45, 2.75) is 13.0 Å². The topological polar surface area (TPSA) is 32.3 Å². The van der Waals surface area contributed by atoms with Crippen molar-refractivity contribution in [3.05, 3.63) is 34.6 Å². The van der Waals surface area contributed by atoms with Crippen LogP contribution in [0.5, 0.6) is 0 Å². The Bertz CT molecular complexity index is 306. The van der Waals surface area contributed by atoms with Gasteiger partial charge in [-0.25, -0.2) is 4.39 Å². The minimum absolute atomic E-state index is 0.0564. The molecular weight excluding hydrogens is 205 g/mol. The van der Waals surface area contributed by atoms with Crippen LogP contribution in [0.25, 0.3) is 0 Å². The van der Waals surface area contributed by atoms with E-state index < -0.39 is 0 Å². The maximum absolute atomic E-state index is 12.7. The molecule has 1 rings (SSSR count). The lowest BCUT2D eigenvalue weighted by Crippen LogP contribution is -2.24. The van der Waals surface area contributed by atoms with E-state index in [0.29, 0.717) is 5.02 Å². The van der Waals surface area contributed by atoms with Crippen LogP contribution in [-0.2, 0) is 0 Å². The van der Waals surface area contributed by atoms with Crippen LogP contribution in [0.2, 0.25) is 5.02 Å². The standard InChI is InChI=1S/C10H13ClFNO/c1-2-13-10(6-14)8-4-3-7(12)5-9(8)11/h3-5,10,13-14H,2,6H2,1H3. The Morgan fingerprint density at radius 1 is 1.57 bits per heavy atom. The fourth-order valence-electron chi connectivity index (χ4n) is 1.30. The van der Waals surface area contributed by atoms with Gasteiger partial charge in [0.15, 0.2) is 0 Å². The van der Waals surface area contributed by atoms with Crippen LogP contribution < -0.4 is 5.32 Å². The number of aliphatic hydroxyl groups is 1. The normalized spacial score (nSPS) is 12.9. The average molecular weight is 218 g/mol. The van der Waals surface area contributed by atoms with Gasteiger partial charge in [0.05, 0.1) is 12.6 Å². The van der Waals surface area contributed by atoms with E-state index in [1.165, 1.54) is 12.1 Å². The maximum atomic E-state index is 12.7. The molecule has 0 saturated carbocycles. The van der Waals surface area contributed by atoms with Crippen LogP contribution in [0, 0.1) is 5.82 Å². The van der Waals surface area contributed by atoms with Gasteiger partial charge in [-0.15, -0.1) is 0 Å². The largest absolute Gasteiger partial charge is 0.394 e. The third-order valence-corrected chi connectivity index (χ3v) is 2.30. The molecule has 0 aliphatic rings. The molecule has 1 unspecified atom stereocenters. The van der Waals surface area contributed by atoms with Crippen LogP contribution in [0.3, 0.4) is 0 Å². The van der Waals surface area contributed by atoms with Gasteiger partial charge in [-0.05, 0) is 24.2 Å². The first-order valence-corrected chi connectivity index (χ1v) is 4.86. The molecule has 14 heavy (non-hydrogen) atoms. The highest BCUT2D eigenvalue weighted by Crippen LogP contribution is 2.23. The minimum Gasteiger partial charge on any atom is -0.394 e. The van der Waals surface area contributed by atoms with Gasteiger partial charge in [0.2, 0.25) is 0 Å². The van der Waals surface area contributed by atoms with Crippen molar-refractivity contribution in [2.24, 2.45) is 0 Å². The lowest BCUT2D eigenvalue weighted by molar-refractivity contribution is 0.246. The molecule has 0 fully saturated rings. The Balaban J connectivity index is 2.92. The number of hydrogen-bond donors (Lipinski definition) is 2. The summed E-state index contributed by atoms with van der Waals surface area (Å²) in [6.45, 7) is 2.60. The van der Waals surface area contributed by atoms with Crippen molar-refractivity contribution >= 4 is 11.6 Å². The van der Waals surface area contributed by atoms with E-state index in [-0.39, 0.29) is 18.5 Å². The minimum atomic E-state index is -0.369. The van der Waals surface area contributed by atoms with Gasteiger partial charge in [-0.2, -0.15) is 0 Å². The smallest absolute Gasteiger partial charge is 0.124 e. The highest BCUT2D eigenvalue weighted by molar-refractivity contribution is 6.31. The molecule has 0 aliphatic carbocycles. The third-order valence-electron chi connectivity index (χ3n) is 1.97. The zero-order valence-electron chi connectivity index (χ0n) is 7.93. The molecule has 0 saturated heterocycles. The molecular formula is C10H13ClFNO. The summed E-state index contributed by atoms with van der Waals surface area (Å²) in [6.07, 6.45) is 0. The number of hydrogen-bond acceptors (Lipinski definition) is 2. The third kappa shape index (κ3) is 2.67. The highest BCUT2D eigenvalue weighted by atomic mass is 35.5. The summed E-state index contributed by atoms with van der Waals surface area (Å²) in [5.41, 5.74) is 0.720. The molecule has 0 aliphatic heterocycles. The molecule has 0 amide bonds. The molecule has 2 nitrogen and oxygen atoms in total. The molecule has 1 atom stereocenters. The summed E-state index contributed by atoms with van der Waals surface area (Å²) >= 11 is 5.85. The van der Waals surface area contributed by atoms with E-state index in [1.54, 1.807) is 6.07 Å². The lowest BCUT2D eigenvalue weighted by atomic mass is 10.1. The number of aliphatic hydroxyl groups excluding tert-OH is 1. The van der Waals surface area contributed by atoms with Gasteiger partial charge >= 0.3 is 0 Å². The van der Waals surface area contributed by atoms with Crippen LogP contribution in [0.15, 0.2) is 18.2 Å². The monoisotopic (exact) mass is 217 g/mol. The van der Waals surface area contributed by atoms with Gasteiger partial charge in [-0.3, -0.25) is 0 Å². The molecule has 2 N–H and O–H groups in total. The van der Waals surface area contributed by atoms with E-state index in [0.717, 1.165) is 12.1 Å². The second-order valence-electron chi connectivity index (χ2n) is 2.96. The molecule has 78 valence electrons. The van der Waals surface area contributed by atoms with Crippen LogP contribution in [-0.4, -0.2) is 18.3 Å². The van der Waals surface area contributed by atoms with Crippen molar-refractivity contribution in [3.8, 4) is 0 Å². The fraction of sp³-hybridized carbons (Fsp3) is 0.400. The van der Waals surface area contributed by atoms with E-state index in [9.17, 15) is 4.39 Å². The Morgan fingerprint density at radius 3 is 2.79 bits per heavy atom. The summed E-state index contributed by atoms with van der Waals surface area (Å²) < 4.78 is 12.7. The number of benzene rings is 1. The first-order chi connectivity index (χ1) is 6.69. The van der Waals surface area contributed by atoms with E-state index in [2.05, 4.69) is 5.32 Å². The van der Waals surface area contributed by atoms with Gasteiger partial charge in [0, 0.05) is 5.02 Å². The maximum Gasteiger partial charge on any atom is 0.124 e. The predicted molar refractivity (Wildman–Crippen MR) is 54.9 cm³/mol. The van der Waals surface area contributed by atoms with Gasteiger partial charge in [0.25, 0.3) is 0 Å². The first kappa shape index (κ1) is 11.4. The highest BCUT2D eigenvalue weighted by Gasteiger charge is 2.12.